The monoisotopic (exact) mass is 514 g/mol. The second kappa shape index (κ2) is 9.04. The van der Waals surface area contributed by atoms with Gasteiger partial charge in [-0.2, -0.15) is 5.10 Å². The SMILES string of the molecule is COc1cc(-c2nn(C3CCCC3)c3ncnc(N)c23)ccc1NS(=O)(=O)c1cccc2ccccc12. The van der Waals surface area contributed by atoms with Gasteiger partial charge in [-0.25, -0.2) is 23.1 Å². The summed E-state index contributed by atoms with van der Waals surface area (Å²) in [5, 5.41) is 7.08. The van der Waals surface area contributed by atoms with Crippen molar-refractivity contribution in [2.24, 2.45) is 0 Å². The number of nitrogens with two attached hydrogens (primary N) is 1. The first-order chi connectivity index (χ1) is 18.0. The van der Waals surface area contributed by atoms with E-state index >= 15 is 0 Å². The Kier molecular flexibility index (Phi) is 5.68. The van der Waals surface area contributed by atoms with Crippen LogP contribution in [0.5, 0.6) is 5.75 Å². The minimum absolute atomic E-state index is 0.197. The van der Waals surface area contributed by atoms with Gasteiger partial charge in [0.25, 0.3) is 10.0 Å². The normalized spacial score (nSPS) is 14.4. The minimum Gasteiger partial charge on any atom is -0.495 e. The van der Waals surface area contributed by atoms with E-state index in [1.54, 1.807) is 36.4 Å². The van der Waals surface area contributed by atoms with Gasteiger partial charge in [-0.05, 0) is 36.4 Å². The van der Waals surface area contributed by atoms with Crippen LogP contribution < -0.4 is 15.2 Å². The molecule has 1 saturated carbocycles. The van der Waals surface area contributed by atoms with Gasteiger partial charge < -0.3 is 10.5 Å². The van der Waals surface area contributed by atoms with Gasteiger partial charge in [0.1, 0.15) is 23.6 Å². The van der Waals surface area contributed by atoms with Crippen molar-refractivity contribution >= 4 is 43.3 Å². The average molecular weight is 515 g/mol. The number of nitrogens with zero attached hydrogens (tertiary/aromatic N) is 4. The first kappa shape index (κ1) is 23.2. The van der Waals surface area contributed by atoms with Crippen molar-refractivity contribution in [3.63, 3.8) is 0 Å². The quantitative estimate of drug-likeness (QED) is 0.321. The molecule has 3 aromatic carbocycles. The van der Waals surface area contributed by atoms with Gasteiger partial charge in [0.2, 0.25) is 0 Å². The van der Waals surface area contributed by atoms with E-state index in [9.17, 15) is 8.42 Å². The van der Waals surface area contributed by atoms with Gasteiger partial charge in [0, 0.05) is 10.9 Å². The Morgan fingerprint density at radius 1 is 1.03 bits per heavy atom. The van der Waals surface area contributed by atoms with E-state index < -0.39 is 10.0 Å². The Morgan fingerprint density at radius 3 is 2.62 bits per heavy atom. The summed E-state index contributed by atoms with van der Waals surface area (Å²) in [6.45, 7) is 0. The Bertz CT molecular complexity index is 1740. The number of anilines is 2. The molecule has 0 radical (unpaired) electrons. The fraction of sp³-hybridized carbons (Fsp3) is 0.222. The lowest BCUT2D eigenvalue weighted by atomic mass is 10.1. The molecule has 0 amide bonds. The summed E-state index contributed by atoms with van der Waals surface area (Å²) in [4.78, 5) is 8.87. The molecule has 0 bridgehead atoms. The maximum atomic E-state index is 13.4. The highest BCUT2D eigenvalue weighted by Crippen LogP contribution is 2.39. The van der Waals surface area contributed by atoms with E-state index in [-0.39, 0.29) is 10.9 Å². The largest absolute Gasteiger partial charge is 0.495 e. The molecule has 0 atom stereocenters. The number of nitrogen functional groups attached to an aromatic ring is 1. The molecule has 1 aliphatic rings. The smallest absolute Gasteiger partial charge is 0.262 e. The first-order valence-electron chi connectivity index (χ1n) is 12.1. The summed E-state index contributed by atoms with van der Waals surface area (Å²) in [7, 11) is -2.39. The fourth-order valence-corrected chi connectivity index (χ4v) is 6.45. The first-order valence-corrected chi connectivity index (χ1v) is 13.6. The van der Waals surface area contributed by atoms with Crippen LogP contribution in [0.1, 0.15) is 31.7 Å². The summed E-state index contributed by atoms with van der Waals surface area (Å²) < 4.78 is 37.0. The summed E-state index contributed by atoms with van der Waals surface area (Å²) in [5.74, 6) is 0.712. The number of methoxy groups -OCH3 is 1. The highest BCUT2D eigenvalue weighted by Gasteiger charge is 2.25. The third-order valence-electron chi connectivity index (χ3n) is 6.95. The van der Waals surface area contributed by atoms with E-state index in [1.807, 2.05) is 28.9 Å². The van der Waals surface area contributed by atoms with E-state index in [2.05, 4.69) is 14.7 Å². The van der Waals surface area contributed by atoms with Crippen LogP contribution in [0.4, 0.5) is 11.5 Å². The number of benzene rings is 3. The molecular formula is C27H26N6O3S. The topological polar surface area (TPSA) is 125 Å². The zero-order valence-corrected chi connectivity index (χ0v) is 21.1. The van der Waals surface area contributed by atoms with Crippen molar-refractivity contribution in [1.82, 2.24) is 19.7 Å². The molecule has 1 aliphatic carbocycles. The second-order valence-electron chi connectivity index (χ2n) is 9.19. The molecule has 0 aliphatic heterocycles. The Balaban J connectivity index is 1.42. The van der Waals surface area contributed by atoms with Gasteiger partial charge in [0.15, 0.2) is 5.65 Å². The lowest BCUT2D eigenvalue weighted by molar-refractivity contribution is 0.417. The van der Waals surface area contributed by atoms with Gasteiger partial charge in [0.05, 0.1) is 29.1 Å². The maximum Gasteiger partial charge on any atom is 0.262 e. The Labute approximate surface area is 214 Å². The number of sulfonamides is 1. The molecule has 0 saturated heterocycles. The minimum atomic E-state index is -3.89. The van der Waals surface area contributed by atoms with Crippen molar-refractivity contribution in [3.05, 3.63) is 67.0 Å². The van der Waals surface area contributed by atoms with Gasteiger partial charge in [-0.15, -0.1) is 0 Å². The molecule has 188 valence electrons. The van der Waals surface area contributed by atoms with Crippen LogP contribution >= 0.6 is 0 Å². The lowest BCUT2D eigenvalue weighted by Gasteiger charge is -2.14. The summed E-state index contributed by atoms with van der Waals surface area (Å²) in [5.41, 5.74) is 8.67. The number of rotatable bonds is 6. The summed E-state index contributed by atoms with van der Waals surface area (Å²) in [6.07, 6.45) is 5.85. The molecule has 3 N–H and O–H groups in total. The van der Waals surface area contributed by atoms with Crippen molar-refractivity contribution in [3.8, 4) is 17.0 Å². The van der Waals surface area contributed by atoms with Crippen LogP contribution in [-0.2, 0) is 10.0 Å². The molecular weight excluding hydrogens is 488 g/mol. The predicted molar refractivity (Wildman–Crippen MR) is 144 cm³/mol. The van der Waals surface area contributed by atoms with Crippen LogP contribution in [0, 0.1) is 0 Å². The zero-order valence-electron chi connectivity index (χ0n) is 20.3. The lowest BCUT2D eigenvalue weighted by Crippen LogP contribution is -2.14. The van der Waals surface area contributed by atoms with Crippen LogP contribution in [0.25, 0.3) is 33.1 Å². The van der Waals surface area contributed by atoms with E-state index in [4.69, 9.17) is 15.6 Å². The number of hydrogen-bond acceptors (Lipinski definition) is 7. The fourth-order valence-electron chi connectivity index (χ4n) is 5.15. The van der Waals surface area contributed by atoms with Crippen LogP contribution in [0.3, 0.4) is 0 Å². The third-order valence-corrected chi connectivity index (χ3v) is 8.37. The van der Waals surface area contributed by atoms with Crippen molar-refractivity contribution in [2.75, 3.05) is 17.6 Å². The van der Waals surface area contributed by atoms with Gasteiger partial charge in [-0.3, -0.25) is 4.72 Å². The third kappa shape index (κ3) is 4.03. The van der Waals surface area contributed by atoms with Crippen LogP contribution in [0.2, 0.25) is 0 Å². The van der Waals surface area contributed by atoms with Crippen molar-refractivity contribution in [2.45, 2.75) is 36.6 Å². The number of ether oxygens (including phenoxy) is 1. The number of fused-ring (bicyclic) bond motifs is 2. The zero-order chi connectivity index (χ0) is 25.6. The Hall–Kier alpha value is -4.18. The van der Waals surface area contributed by atoms with Crippen molar-refractivity contribution in [1.29, 1.82) is 0 Å². The van der Waals surface area contributed by atoms with Crippen LogP contribution in [0.15, 0.2) is 71.9 Å². The molecule has 0 unspecified atom stereocenters. The van der Waals surface area contributed by atoms with E-state index in [1.165, 1.54) is 13.4 Å². The molecule has 10 heteroatoms. The molecule has 9 nitrogen and oxygen atoms in total. The van der Waals surface area contributed by atoms with Gasteiger partial charge in [-0.1, -0.05) is 55.3 Å². The van der Waals surface area contributed by atoms with Gasteiger partial charge >= 0.3 is 0 Å². The van der Waals surface area contributed by atoms with Crippen LogP contribution in [-0.4, -0.2) is 35.3 Å². The molecule has 0 spiro atoms. The molecule has 2 aromatic heterocycles. The number of nitrogens with one attached hydrogen (secondary N) is 1. The predicted octanol–water partition coefficient (Wildman–Crippen LogP) is 5.15. The standard InChI is InChI=1S/C27H26N6O3S/c1-36-22-15-18(25-24-26(28)29-16-30-27(24)33(31-25)19-9-3-4-10-19)13-14-21(22)32-37(34,35)23-12-6-8-17-7-2-5-11-20(17)23/h2,5-8,11-16,19,32H,3-4,9-10H2,1H3,(H2,28,29,30). The highest BCUT2D eigenvalue weighted by molar-refractivity contribution is 7.93. The summed E-state index contributed by atoms with van der Waals surface area (Å²) in [6, 6.07) is 18.1. The molecule has 6 rings (SSSR count). The summed E-state index contributed by atoms with van der Waals surface area (Å²) >= 11 is 0. The van der Waals surface area contributed by atoms with Crippen molar-refractivity contribution < 1.29 is 13.2 Å². The number of aromatic nitrogens is 4. The molecule has 5 aromatic rings. The average Bonchev–Trinajstić information content (AvgIpc) is 3.57. The molecule has 2 heterocycles. The maximum absolute atomic E-state index is 13.4. The molecule has 37 heavy (non-hydrogen) atoms. The highest BCUT2D eigenvalue weighted by atomic mass is 32.2. The second-order valence-corrected chi connectivity index (χ2v) is 10.8. The number of hydrogen-bond donors (Lipinski definition) is 2. The Morgan fingerprint density at radius 2 is 1.81 bits per heavy atom. The van der Waals surface area contributed by atoms with E-state index in [0.29, 0.717) is 39.4 Å². The molecule has 1 fully saturated rings. The van der Waals surface area contributed by atoms with E-state index in [0.717, 1.165) is 36.6 Å².